The summed E-state index contributed by atoms with van der Waals surface area (Å²) in [7, 11) is -2.36. The van der Waals surface area contributed by atoms with E-state index in [1.807, 2.05) is 13.8 Å². The number of hydrogen-bond acceptors (Lipinski definition) is 5. The predicted octanol–water partition coefficient (Wildman–Crippen LogP) is 1.57. The second-order valence-electron chi connectivity index (χ2n) is 5.57. The SMILES string of the molecule is COC(=O)c1cc(S(=O)(=O)N2CCNC(C)C2C)ccc1C.Cl. The van der Waals surface area contributed by atoms with E-state index in [0.717, 1.165) is 0 Å². The lowest BCUT2D eigenvalue weighted by atomic mass is 10.1. The summed E-state index contributed by atoms with van der Waals surface area (Å²) in [6, 6.07) is 4.50. The third-order valence-electron chi connectivity index (χ3n) is 4.20. The Labute approximate surface area is 143 Å². The molecule has 1 aliphatic rings. The van der Waals surface area contributed by atoms with Gasteiger partial charge in [-0.15, -0.1) is 12.4 Å². The Bertz CT molecular complexity index is 678. The first-order chi connectivity index (χ1) is 10.3. The standard InChI is InChI=1S/C15H22N2O4S.ClH/c1-10-5-6-13(9-14(10)15(18)21-4)22(19,20)17-8-7-16-11(2)12(17)3;/h5-6,9,11-12,16H,7-8H2,1-4H3;1H. The molecular weight excluding hydrogens is 340 g/mol. The summed E-state index contributed by atoms with van der Waals surface area (Å²) in [6.07, 6.45) is 0. The van der Waals surface area contributed by atoms with E-state index < -0.39 is 16.0 Å². The summed E-state index contributed by atoms with van der Waals surface area (Å²) < 4.78 is 31.9. The summed E-state index contributed by atoms with van der Waals surface area (Å²) >= 11 is 0. The minimum atomic E-state index is -3.64. The molecule has 1 N–H and O–H groups in total. The largest absolute Gasteiger partial charge is 0.465 e. The zero-order valence-electron chi connectivity index (χ0n) is 13.7. The van der Waals surface area contributed by atoms with Gasteiger partial charge in [-0.2, -0.15) is 4.31 Å². The summed E-state index contributed by atoms with van der Waals surface area (Å²) in [6.45, 7) is 6.61. The van der Waals surface area contributed by atoms with Gasteiger partial charge in [0.15, 0.2) is 0 Å². The lowest BCUT2D eigenvalue weighted by Gasteiger charge is -2.37. The maximum atomic E-state index is 12.9. The van der Waals surface area contributed by atoms with Crippen LogP contribution >= 0.6 is 12.4 Å². The van der Waals surface area contributed by atoms with Crippen LogP contribution in [0.2, 0.25) is 0 Å². The highest BCUT2D eigenvalue weighted by atomic mass is 35.5. The molecule has 0 aliphatic carbocycles. The maximum Gasteiger partial charge on any atom is 0.338 e. The van der Waals surface area contributed by atoms with E-state index in [0.29, 0.717) is 18.7 Å². The van der Waals surface area contributed by atoms with Crippen LogP contribution in [0.4, 0.5) is 0 Å². The Balaban J connectivity index is 0.00000264. The minimum absolute atomic E-state index is 0. The third kappa shape index (κ3) is 3.85. The Morgan fingerprint density at radius 3 is 2.61 bits per heavy atom. The average Bonchev–Trinajstić information content (AvgIpc) is 2.49. The van der Waals surface area contributed by atoms with Crippen LogP contribution in [0, 0.1) is 6.92 Å². The van der Waals surface area contributed by atoms with Gasteiger partial charge in [-0.25, -0.2) is 13.2 Å². The quantitative estimate of drug-likeness (QED) is 0.826. The Kier molecular flexibility index (Phi) is 6.59. The second kappa shape index (κ2) is 7.61. The maximum absolute atomic E-state index is 12.9. The molecule has 6 nitrogen and oxygen atoms in total. The number of piperazine rings is 1. The van der Waals surface area contributed by atoms with E-state index in [1.165, 1.54) is 23.5 Å². The Morgan fingerprint density at radius 2 is 2.00 bits per heavy atom. The number of ether oxygens (including phenoxy) is 1. The van der Waals surface area contributed by atoms with Gasteiger partial charge < -0.3 is 10.1 Å². The first-order valence-corrected chi connectivity index (χ1v) is 8.67. The van der Waals surface area contributed by atoms with Crippen molar-refractivity contribution in [3.8, 4) is 0 Å². The molecule has 0 amide bonds. The first-order valence-electron chi connectivity index (χ1n) is 7.23. The summed E-state index contributed by atoms with van der Waals surface area (Å²) in [5.74, 6) is -0.531. The molecule has 1 aromatic carbocycles. The molecule has 0 saturated carbocycles. The molecule has 8 heteroatoms. The molecule has 2 atom stereocenters. The number of carbonyl (C=O) groups is 1. The lowest BCUT2D eigenvalue weighted by Crippen LogP contribution is -2.57. The van der Waals surface area contributed by atoms with E-state index in [1.54, 1.807) is 13.0 Å². The van der Waals surface area contributed by atoms with Gasteiger partial charge in [0, 0.05) is 25.2 Å². The van der Waals surface area contributed by atoms with Crippen molar-refractivity contribution in [2.75, 3.05) is 20.2 Å². The predicted molar refractivity (Wildman–Crippen MR) is 90.6 cm³/mol. The number of aryl methyl sites for hydroxylation is 1. The molecule has 0 radical (unpaired) electrons. The number of nitrogens with zero attached hydrogens (tertiary/aromatic N) is 1. The number of rotatable bonds is 3. The lowest BCUT2D eigenvalue weighted by molar-refractivity contribution is 0.0599. The molecular formula is C15H23ClN2O4S. The van der Waals surface area contributed by atoms with Crippen LogP contribution in [0.3, 0.4) is 0 Å². The molecule has 2 rings (SSSR count). The molecule has 1 aromatic rings. The highest BCUT2D eigenvalue weighted by Gasteiger charge is 2.34. The van der Waals surface area contributed by atoms with Crippen LogP contribution in [0.15, 0.2) is 23.1 Å². The van der Waals surface area contributed by atoms with E-state index >= 15 is 0 Å². The van der Waals surface area contributed by atoms with Crippen molar-refractivity contribution in [3.05, 3.63) is 29.3 Å². The highest BCUT2D eigenvalue weighted by molar-refractivity contribution is 7.89. The van der Waals surface area contributed by atoms with Gasteiger partial charge in [0.25, 0.3) is 0 Å². The van der Waals surface area contributed by atoms with Gasteiger partial charge >= 0.3 is 5.97 Å². The molecule has 1 fully saturated rings. The van der Waals surface area contributed by atoms with E-state index in [2.05, 4.69) is 5.32 Å². The summed E-state index contributed by atoms with van der Waals surface area (Å²) in [4.78, 5) is 11.9. The van der Waals surface area contributed by atoms with Crippen LogP contribution in [0.1, 0.15) is 29.8 Å². The number of sulfonamides is 1. The minimum Gasteiger partial charge on any atom is -0.465 e. The molecule has 2 unspecified atom stereocenters. The van der Waals surface area contributed by atoms with Crippen molar-refractivity contribution >= 4 is 28.4 Å². The Hall–Kier alpha value is -1.15. The van der Waals surface area contributed by atoms with Crippen LogP contribution in [-0.4, -0.2) is 51.0 Å². The number of carbonyl (C=O) groups excluding carboxylic acids is 1. The van der Waals surface area contributed by atoms with Crippen LogP contribution in [0.25, 0.3) is 0 Å². The van der Waals surface area contributed by atoms with Crippen molar-refractivity contribution in [2.24, 2.45) is 0 Å². The Morgan fingerprint density at radius 1 is 1.35 bits per heavy atom. The molecule has 0 spiro atoms. The van der Waals surface area contributed by atoms with Crippen molar-refractivity contribution in [1.82, 2.24) is 9.62 Å². The van der Waals surface area contributed by atoms with Gasteiger partial charge in [-0.3, -0.25) is 0 Å². The number of esters is 1. The smallest absolute Gasteiger partial charge is 0.338 e. The molecule has 130 valence electrons. The summed E-state index contributed by atoms with van der Waals surface area (Å²) in [5, 5.41) is 3.25. The topological polar surface area (TPSA) is 75.7 Å². The van der Waals surface area contributed by atoms with Gasteiger partial charge in [0.05, 0.1) is 17.6 Å². The van der Waals surface area contributed by atoms with Crippen molar-refractivity contribution in [3.63, 3.8) is 0 Å². The first kappa shape index (κ1) is 19.9. The second-order valence-corrected chi connectivity index (χ2v) is 7.46. The third-order valence-corrected chi connectivity index (χ3v) is 6.18. The van der Waals surface area contributed by atoms with Crippen molar-refractivity contribution in [1.29, 1.82) is 0 Å². The number of benzene rings is 1. The number of nitrogens with one attached hydrogen (secondary N) is 1. The van der Waals surface area contributed by atoms with Crippen LogP contribution < -0.4 is 5.32 Å². The fourth-order valence-electron chi connectivity index (χ4n) is 2.59. The summed E-state index contributed by atoms with van der Waals surface area (Å²) in [5.41, 5.74) is 0.965. The highest BCUT2D eigenvalue weighted by Crippen LogP contribution is 2.24. The number of halogens is 1. The van der Waals surface area contributed by atoms with E-state index in [4.69, 9.17) is 4.74 Å². The van der Waals surface area contributed by atoms with Gasteiger partial charge in [-0.1, -0.05) is 6.07 Å². The molecule has 0 bridgehead atoms. The van der Waals surface area contributed by atoms with Crippen molar-refractivity contribution < 1.29 is 17.9 Å². The molecule has 1 aliphatic heterocycles. The van der Waals surface area contributed by atoms with Gasteiger partial charge in [0.1, 0.15) is 0 Å². The molecule has 1 saturated heterocycles. The number of methoxy groups -OCH3 is 1. The van der Waals surface area contributed by atoms with E-state index in [9.17, 15) is 13.2 Å². The molecule has 1 heterocycles. The van der Waals surface area contributed by atoms with Crippen molar-refractivity contribution in [2.45, 2.75) is 37.8 Å². The monoisotopic (exact) mass is 362 g/mol. The zero-order chi connectivity index (χ0) is 16.5. The van der Waals surface area contributed by atoms with E-state index in [-0.39, 0.29) is 34.9 Å². The van der Waals surface area contributed by atoms with Gasteiger partial charge in [-0.05, 0) is 38.5 Å². The molecule has 23 heavy (non-hydrogen) atoms. The zero-order valence-corrected chi connectivity index (χ0v) is 15.3. The average molecular weight is 363 g/mol. The number of hydrogen-bond donors (Lipinski definition) is 1. The van der Waals surface area contributed by atoms with Crippen LogP contribution in [0.5, 0.6) is 0 Å². The fourth-order valence-corrected chi connectivity index (χ4v) is 4.32. The normalized spacial score (nSPS) is 22.3. The fraction of sp³-hybridized carbons (Fsp3) is 0.533. The molecule has 0 aromatic heterocycles. The van der Waals surface area contributed by atoms with Gasteiger partial charge in [0.2, 0.25) is 10.0 Å². The van der Waals surface area contributed by atoms with Crippen LogP contribution in [-0.2, 0) is 14.8 Å².